The highest BCUT2D eigenvalue weighted by molar-refractivity contribution is 5.72. The van der Waals surface area contributed by atoms with Crippen LogP contribution in [0.3, 0.4) is 0 Å². The first-order valence-corrected chi connectivity index (χ1v) is 6.23. The van der Waals surface area contributed by atoms with Gasteiger partial charge in [0.25, 0.3) is 0 Å². The molecule has 1 aliphatic heterocycles. The van der Waals surface area contributed by atoms with E-state index in [1.165, 1.54) is 7.11 Å². The summed E-state index contributed by atoms with van der Waals surface area (Å²) in [6.45, 7) is 7.57. The molecule has 17 heavy (non-hydrogen) atoms. The Bertz CT molecular complexity index is 260. The zero-order chi connectivity index (χ0) is 13.0. The Kier molecular flexibility index (Phi) is 5.36. The molecule has 0 bridgehead atoms. The average Bonchev–Trinajstić information content (AvgIpc) is 2.35. The fraction of sp³-hybridized carbons (Fsp3) is 0.917. The van der Waals surface area contributed by atoms with Gasteiger partial charge in [-0.3, -0.25) is 9.69 Å². The van der Waals surface area contributed by atoms with Crippen molar-refractivity contribution < 1.29 is 9.53 Å². The van der Waals surface area contributed by atoms with Crippen molar-refractivity contribution in [2.75, 3.05) is 40.3 Å². The second-order valence-corrected chi connectivity index (χ2v) is 4.94. The Morgan fingerprint density at radius 3 is 2.65 bits per heavy atom. The van der Waals surface area contributed by atoms with Crippen LogP contribution in [0.1, 0.15) is 13.8 Å². The zero-order valence-electron chi connectivity index (χ0n) is 11.3. The number of rotatable bonds is 4. The van der Waals surface area contributed by atoms with E-state index in [2.05, 4.69) is 23.8 Å². The molecule has 0 aromatic rings. The van der Waals surface area contributed by atoms with Gasteiger partial charge in [0.05, 0.1) is 13.0 Å². The standard InChI is InChI=1S/C12H25N3O2/c1-9(12(16)17-4)10(2)15-6-5-14(3)8-11(15)7-13/h9-11H,5-8,13H2,1-4H3. The van der Waals surface area contributed by atoms with Gasteiger partial charge in [0.15, 0.2) is 0 Å². The Labute approximate surface area is 104 Å². The Morgan fingerprint density at radius 2 is 2.12 bits per heavy atom. The van der Waals surface area contributed by atoms with E-state index >= 15 is 0 Å². The maximum absolute atomic E-state index is 11.6. The van der Waals surface area contributed by atoms with Crippen LogP contribution in [0.4, 0.5) is 0 Å². The number of carbonyl (C=O) groups is 1. The van der Waals surface area contributed by atoms with E-state index < -0.39 is 0 Å². The molecule has 3 atom stereocenters. The lowest BCUT2D eigenvalue weighted by Crippen LogP contribution is -2.59. The fourth-order valence-corrected chi connectivity index (χ4v) is 2.44. The van der Waals surface area contributed by atoms with Crippen molar-refractivity contribution >= 4 is 5.97 Å². The first-order chi connectivity index (χ1) is 8.01. The van der Waals surface area contributed by atoms with E-state index in [1.54, 1.807) is 0 Å². The molecule has 100 valence electrons. The second-order valence-electron chi connectivity index (χ2n) is 4.94. The molecule has 1 aliphatic rings. The Balaban J connectivity index is 2.66. The maximum Gasteiger partial charge on any atom is 0.309 e. The van der Waals surface area contributed by atoms with Crippen molar-refractivity contribution in [2.24, 2.45) is 11.7 Å². The van der Waals surface area contributed by atoms with Gasteiger partial charge in [-0.1, -0.05) is 6.92 Å². The first kappa shape index (κ1) is 14.4. The van der Waals surface area contributed by atoms with E-state index in [0.29, 0.717) is 12.6 Å². The normalized spacial score (nSPS) is 26.5. The van der Waals surface area contributed by atoms with Crippen molar-refractivity contribution in [3.63, 3.8) is 0 Å². The summed E-state index contributed by atoms with van der Waals surface area (Å²) in [5, 5.41) is 0. The third-order valence-electron chi connectivity index (χ3n) is 3.82. The van der Waals surface area contributed by atoms with E-state index in [9.17, 15) is 4.79 Å². The summed E-state index contributed by atoms with van der Waals surface area (Å²) in [7, 11) is 3.55. The quantitative estimate of drug-likeness (QED) is 0.691. The third-order valence-corrected chi connectivity index (χ3v) is 3.82. The number of ether oxygens (including phenoxy) is 1. The lowest BCUT2D eigenvalue weighted by molar-refractivity contribution is -0.147. The molecule has 0 saturated carbocycles. The van der Waals surface area contributed by atoms with Gasteiger partial charge in [0, 0.05) is 38.3 Å². The van der Waals surface area contributed by atoms with Crippen LogP contribution in [-0.2, 0) is 9.53 Å². The highest BCUT2D eigenvalue weighted by Gasteiger charge is 2.33. The number of esters is 1. The van der Waals surface area contributed by atoms with Crippen LogP contribution in [0.15, 0.2) is 0 Å². The molecule has 5 nitrogen and oxygen atoms in total. The molecule has 1 rings (SSSR count). The minimum absolute atomic E-state index is 0.113. The number of methoxy groups -OCH3 is 1. The molecule has 0 radical (unpaired) electrons. The molecule has 0 amide bonds. The minimum atomic E-state index is -0.146. The Hall–Kier alpha value is -0.650. The number of carbonyl (C=O) groups excluding carboxylic acids is 1. The van der Waals surface area contributed by atoms with Gasteiger partial charge in [0.2, 0.25) is 0 Å². The lowest BCUT2D eigenvalue weighted by atomic mass is 9.99. The van der Waals surface area contributed by atoms with E-state index in [1.807, 2.05) is 6.92 Å². The van der Waals surface area contributed by atoms with Crippen molar-refractivity contribution in [3.05, 3.63) is 0 Å². The molecule has 3 unspecified atom stereocenters. The topological polar surface area (TPSA) is 58.8 Å². The predicted molar refractivity (Wildman–Crippen MR) is 67.7 cm³/mol. The van der Waals surface area contributed by atoms with Gasteiger partial charge in [0.1, 0.15) is 0 Å². The van der Waals surface area contributed by atoms with Gasteiger partial charge in [-0.2, -0.15) is 0 Å². The van der Waals surface area contributed by atoms with Gasteiger partial charge in [-0.05, 0) is 14.0 Å². The molecule has 1 fully saturated rings. The molecule has 2 N–H and O–H groups in total. The zero-order valence-corrected chi connectivity index (χ0v) is 11.3. The molecular formula is C12H25N3O2. The minimum Gasteiger partial charge on any atom is -0.469 e. The number of likely N-dealkylation sites (N-methyl/N-ethyl adjacent to an activating group) is 1. The first-order valence-electron chi connectivity index (χ1n) is 6.23. The maximum atomic E-state index is 11.6. The van der Waals surface area contributed by atoms with Crippen molar-refractivity contribution in [1.29, 1.82) is 0 Å². The van der Waals surface area contributed by atoms with Gasteiger partial charge < -0.3 is 15.4 Å². The van der Waals surface area contributed by atoms with Crippen LogP contribution in [0.5, 0.6) is 0 Å². The largest absolute Gasteiger partial charge is 0.469 e. The summed E-state index contributed by atoms with van der Waals surface area (Å²) in [4.78, 5) is 16.2. The highest BCUT2D eigenvalue weighted by atomic mass is 16.5. The molecule has 5 heteroatoms. The lowest BCUT2D eigenvalue weighted by Gasteiger charge is -2.44. The number of nitrogens with zero attached hydrogens (tertiary/aromatic N) is 2. The third kappa shape index (κ3) is 3.40. The molecule has 1 saturated heterocycles. The number of hydrogen-bond acceptors (Lipinski definition) is 5. The van der Waals surface area contributed by atoms with Gasteiger partial charge >= 0.3 is 5.97 Å². The van der Waals surface area contributed by atoms with E-state index in [4.69, 9.17) is 10.5 Å². The monoisotopic (exact) mass is 243 g/mol. The van der Waals surface area contributed by atoms with Crippen LogP contribution in [-0.4, -0.2) is 68.2 Å². The smallest absolute Gasteiger partial charge is 0.309 e. The van der Waals surface area contributed by atoms with Crippen LogP contribution >= 0.6 is 0 Å². The van der Waals surface area contributed by atoms with Crippen molar-refractivity contribution in [2.45, 2.75) is 25.9 Å². The van der Waals surface area contributed by atoms with E-state index in [0.717, 1.165) is 19.6 Å². The molecule has 0 aromatic heterocycles. The molecule has 0 aliphatic carbocycles. The van der Waals surface area contributed by atoms with Crippen LogP contribution in [0.25, 0.3) is 0 Å². The van der Waals surface area contributed by atoms with Gasteiger partial charge in [-0.25, -0.2) is 0 Å². The van der Waals surface area contributed by atoms with Crippen molar-refractivity contribution in [3.8, 4) is 0 Å². The summed E-state index contributed by atoms with van der Waals surface area (Å²) in [5.41, 5.74) is 5.82. The van der Waals surface area contributed by atoms with Gasteiger partial charge in [-0.15, -0.1) is 0 Å². The van der Waals surface area contributed by atoms with Crippen LogP contribution in [0.2, 0.25) is 0 Å². The van der Waals surface area contributed by atoms with Crippen LogP contribution < -0.4 is 5.73 Å². The van der Waals surface area contributed by atoms with E-state index in [-0.39, 0.29) is 17.9 Å². The molecule has 0 aromatic carbocycles. The summed E-state index contributed by atoms with van der Waals surface area (Å²) in [6.07, 6.45) is 0. The molecular weight excluding hydrogens is 218 g/mol. The predicted octanol–water partition coefficient (Wildman–Crippen LogP) is -0.241. The number of nitrogens with two attached hydrogens (primary N) is 1. The summed E-state index contributed by atoms with van der Waals surface area (Å²) < 4.78 is 4.81. The number of piperazine rings is 1. The second kappa shape index (κ2) is 6.33. The highest BCUT2D eigenvalue weighted by Crippen LogP contribution is 2.18. The molecule has 1 heterocycles. The van der Waals surface area contributed by atoms with Crippen molar-refractivity contribution in [1.82, 2.24) is 9.80 Å². The summed E-state index contributed by atoms with van der Waals surface area (Å²) in [6, 6.07) is 0.501. The summed E-state index contributed by atoms with van der Waals surface area (Å²) in [5.74, 6) is -0.260. The Morgan fingerprint density at radius 1 is 1.47 bits per heavy atom. The van der Waals surface area contributed by atoms with Crippen LogP contribution in [0, 0.1) is 5.92 Å². The summed E-state index contributed by atoms with van der Waals surface area (Å²) >= 11 is 0. The fourth-order valence-electron chi connectivity index (χ4n) is 2.44. The molecule has 0 spiro atoms. The average molecular weight is 243 g/mol. The number of hydrogen-bond donors (Lipinski definition) is 1. The SMILES string of the molecule is COC(=O)C(C)C(C)N1CCN(C)CC1CN.